The van der Waals surface area contributed by atoms with Gasteiger partial charge in [0.25, 0.3) is 0 Å². The molecule has 0 fully saturated rings. The van der Waals surface area contributed by atoms with Crippen molar-refractivity contribution in [3.8, 4) is 11.5 Å². The number of halogens is 2. The molecule has 208 valence electrons. The summed E-state index contributed by atoms with van der Waals surface area (Å²) in [5.41, 5.74) is 1.04. The normalized spacial score (nSPS) is 15.1. The van der Waals surface area contributed by atoms with E-state index in [2.05, 4.69) is 15.7 Å². The second-order valence-corrected chi connectivity index (χ2v) is 9.02. The van der Waals surface area contributed by atoms with E-state index in [4.69, 9.17) is 4.74 Å². The summed E-state index contributed by atoms with van der Waals surface area (Å²) in [7, 11) is 0. The Kier molecular flexibility index (Phi) is 7.25. The van der Waals surface area contributed by atoms with Gasteiger partial charge in [0.15, 0.2) is 23.2 Å². The predicted octanol–water partition coefficient (Wildman–Crippen LogP) is 4.19. The standard InChI is InChI=1S/C28H22F2N6O5/c1-3-34-15-21(27(39)36(28(34)40)20-7-4-17(29)5-8-20)26(38)33-18-6-9-24(22(30)12-18)41-25-13-19(32-16(2)37)14-35-23(25)10-11-31-35/h4-15,21H,3H2,1-2H3,(H-,32,33,37,38)/p+1. The van der Waals surface area contributed by atoms with Gasteiger partial charge in [0.05, 0.1) is 30.8 Å². The average molecular weight is 562 g/mol. The van der Waals surface area contributed by atoms with Gasteiger partial charge < -0.3 is 15.4 Å². The summed E-state index contributed by atoms with van der Waals surface area (Å²) < 4.78 is 36.9. The first-order valence-electron chi connectivity index (χ1n) is 12.4. The van der Waals surface area contributed by atoms with E-state index in [1.807, 2.05) is 0 Å². The predicted molar refractivity (Wildman–Crippen MR) is 144 cm³/mol. The Labute approximate surface area is 231 Å². The molecule has 0 saturated heterocycles. The lowest BCUT2D eigenvalue weighted by Crippen LogP contribution is -2.54. The van der Waals surface area contributed by atoms with Crippen LogP contribution in [0.4, 0.5) is 30.6 Å². The van der Waals surface area contributed by atoms with Crippen molar-refractivity contribution in [2.45, 2.75) is 13.8 Å². The SMILES string of the molecule is CC[N+]1=CC(C(=O)Nc2ccc(Oc3cc(NC(C)=O)cn4nccc34)c(F)c2)C(=O)N(c2ccc(F)cc2)C1=O. The highest BCUT2D eigenvalue weighted by Gasteiger charge is 2.47. The van der Waals surface area contributed by atoms with Crippen LogP contribution in [0.3, 0.4) is 0 Å². The maximum Gasteiger partial charge on any atom is 0.505 e. The van der Waals surface area contributed by atoms with Gasteiger partial charge in [-0.1, -0.05) is 0 Å². The molecule has 0 bridgehead atoms. The minimum Gasteiger partial charge on any atom is -0.452 e. The fourth-order valence-corrected chi connectivity index (χ4v) is 4.27. The number of carbonyl (C=O) groups excluding carboxylic acids is 4. The van der Waals surface area contributed by atoms with Crippen molar-refractivity contribution in [3.63, 3.8) is 0 Å². The summed E-state index contributed by atoms with van der Waals surface area (Å²) in [6.45, 7) is 3.18. The number of aromatic nitrogens is 2. The van der Waals surface area contributed by atoms with Gasteiger partial charge in [-0.25, -0.2) is 22.7 Å². The summed E-state index contributed by atoms with van der Waals surface area (Å²) in [6, 6.07) is 10.9. The Morgan fingerprint density at radius 1 is 1.00 bits per heavy atom. The molecule has 2 aromatic heterocycles. The van der Waals surface area contributed by atoms with Crippen LogP contribution in [-0.2, 0) is 14.4 Å². The third kappa shape index (κ3) is 5.50. The fourth-order valence-electron chi connectivity index (χ4n) is 4.27. The molecular formula is C28H23F2N6O5+. The highest BCUT2D eigenvalue weighted by molar-refractivity contribution is 6.28. The first-order chi connectivity index (χ1) is 19.6. The van der Waals surface area contributed by atoms with E-state index >= 15 is 4.39 Å². The lowest BCUT2D eigenvalue weighted by molar-refractivity contribution is -0.419. The highest BCUT2D eigenvalue weighted by atomic mass is 19.1. The summed E-state index contributed by atoms with van der Waals surface area (Å²) >= 11 is 0. The number of rotatable bonds is 7. The lowest BCUT2D eigenvalue weighted by Gasteiger charge is -2.22. The molecule has 1 aliphatic heterocycles. The maximum absolute atomic E-state index is 15.1. The minimum atomic E-state index is -1.41. The van der Waals surface area contributed by atoms with Crippen molar-refractivity contribution < 1.29 is 37.3 Å². The fraction of sp³-hybridized carbons (Fsp3) is 0.143. The van der Waals surface area contributed by atoms with Crippen molar-refractivity contribution in [1.82, 2.24) is 9.61 Å². The van der Waals surface area contributed by atoms with Gasteiger partial charge in [-0.15, -0.1) is 4.90 Å². The maximum atomic E-state index is 15.1. The van der Waals surface area contributed by atoms with Gasteiger partial charge >= 0.3 is 11.9 Å². The molecule has 41 heavy (non-hydrogen) atoms. The lowest BCUT2D eigenvalue weighted by atomic mass is 10.1. The molecule has 1 unspecified atom stereocenters. The van der Waals surface area contributed by atoms with Crippen LogP contribution in [0.2, 0.25) is 0 Å². The van der Waals surface area contributed by atoms with E-state index in [-0.39, 0.29) is 35.3 Å². The number of nitrogens with one attached hydrogen (secondary N) is 2. The summed E-state index contributed by atoms with van der Waals surface area (Å²) in [5, 5.41) is 9.24. The molecule has 3 heterocycles. The number of amides is 5. The number of carbonyl (C=O) groups is 4. The summed E-state index contributed by atoms with van der Waals surface area (Å²) in [6.07, 6.45) is 4.29. The van der Waals surface area contributed by atoms with Crippen molar-refractivity contribution >= 4 is 52.5 Å². The van der Waals surface area contributed by atoms with Crippen LogP contribution in [0, 0.1) is 17.6 Å². The van der Waals surface area contributed by atoms with Crippen molar-refractivity contribution in [3.05, 3.63) is 78.6 Å². The molecule has 5 amide bonds. The zero-order valence-electron chi connectivity index (χ0n) is 21.8. The van der Waals surface area contributed by atoms with Crippen LogP contribution in [0.25, 0.3) is 5.52 Å². The summed E-state index contributed by atoms with van der Waals surface area (Å²) in [4.78, 5) is 51.4. The Morgan fingerprint density at radius 2 is 1.76 bits per heavy atom. The molecule has 2 N–H and O–H groups in total. The second-order valence-electron chi connectivity index (χ2n) is 9.02. The first kappa shape index (κ1) is 27.1. The van der Waals surface area contributed by atoms with E-state index in [0.717, 1.165) is 23.1 Å². The number of hydrogen-bond acceptors (Lipinski definition) is 6. The molecular weight excluding hydrogens is 538 g/mol. The van der Waals surface area contributed by atoms with E-state index in [0.29, 0.717) is 11.2 Å². The third-order valence-electron chi connectivity index (χ3n) is 6.17. The summed E-state index contributed by atoms with van der Waals surface area (Å²) in [5.74, 6) is -4.68. The number of benzene rings is 2. The van der Waals surface area contributed by atoms with Gasteiger partial charge in [0, 0.05) is 24.7 Å². The number of pyridine rings is 1. The second kappa shape index (κ2) is 11.0. The number of nitrogens with zero attached hydrogens (tertiary/aromatic N) is 4. The Balaban J connectivity index is 1.37. The van der Waals surface area contributed by atoms with Crippen LogP contribution in [0.1, 0.15) is 13.8 Å². The van der Waals surface area contributed by atoms with E-state index < -0.39 is 35.4 Å². The topological polar surface area (TPSA) is 125 Å². The number of urea groups is 1. The molecule has 1 aliphatic rings. The zero-order chi connectivity index (χ0) is 29.3. The Morgan fingerprint density at radius 3 is 2.44 bits per heavy atom. The Hall–Kier alpha value is -5.46. The number of hydrogen-bond donors (Lipinski definition) is 2. The van der Waals surface area contributed by atoms with E-state index in [1.54, 1.807) is 19.2 Å². The molecule has 5 rings (SSSR count). The van der Waals surface area contributed by atoms with Crippen molar-refractivity contribution in [2.24, 2.45) is 5.92 Å². The van der Waals surface area contributed by atoms with Gasteiger partial charge in [-0.2, -0.15) is 9.89 Å². The molecule has 0 saturated carbocycles. The molecule has 1 atom stereocenters. The molecule has 0 radical (unpaired) electrons. The van der Waals surface area contributed by atoms with Crippen LogP contribution in [-0.4, -0.2) is 50.7 Å². The van der Waals surface area contributed by atoms with E-state index in [9.17, 15) is 23.6 Å². The largest absolute Gasteiger partial charge is 0.505 e. The van der Waals surface area contributed by atoms with Crippen LogP contribution in [0.15, 0.2) is 67.0 Å². The van der Waals surface area contributed by atoms with Gasteiger partial charge in [0.1, 0.15) is 17.0 Å². The monoisotopic (exact) mass is 561 g/mol. The Bertz CT molecular complexity index is 1730. The molecule has 4 aromatic rings. The van der Waals surface area contributed by atoms with Gasteiger partial charge in [-0.3, -0.25) is 9.59 Å². The zero-order valence-corrected chi connectivity index (χ0v) is 21.8. The van der Waals surface area contributed by atoms with Crippen LogP contribution >= 0.6 is 0 Å². The molecule has 11 nitrogen and oxygen atoms in total. The van der Waals surface area contributed by atoms with Gasteiger partial charge in [0.2, 0.25) is 11.8 Å². The van der Waals surface area contributed by atoms with Crippen molar-refractivity contribution in [1.29, 1.82) is 0 Å². The van der Waals surface area contributed by atoms with Crippen molar-refractivity contribution in [2.75, 3.05) is 22.1 Å². The molecule has 0 spiro atoms. The van der Waals surface area contributed by atoms with E-state index in [1.165, 1.54) is 58.8 Å². The smallest absolute Gasteiger partial charge is 0.452 e. The quantitative estimate of drug-likeness (QED) is 0.258. The average Bonchev–Trinajstić information content (AvgIpc) is 3.40. The third-order valence-corrected chi connectivity index (χ3v) is 6.17. The number of fused-ring (bicyclic) bond motifs is 1. The number of anilines is 3. The van der Waals surface area contributed by atoms with Crippen LogP contribution in [0.5, 0.6) is 11.5 Å². The van der Waals surface area contributed by atoms with Crippen LogP contribution < -0.4 is 20.3 Å². The minimum absolute atomic E-state index is 0.0378. The van der Waals surface area contributed by atoms with Gasteiger partial charge in [-0.05, 0) is 49.4 Å². The molecule has 0 aliphatic carbocycles. The highest BCUT2D eigenvalue weighted by Crippen LogP contribution is 2.32. The number of imide groups is 1. The molecule has 2 aromatic carbocycles. The molecule has 13 heteroatoms. The first-order valence-corrected chi connectivity index (χ1v) is 12.4. The number of ether oxygens (including phenoxy) is 1.